The van der Waals surface area contributed by atoms with Crippen molar-refractivity contribution in [3.8, 4) is 11.5 Å². The molecule has 1 amide bonds. The molecule has 0 spiro atoms. The Kier molecular flexibility index (Phi) is 7.00. The van der Waals surface area contributed by atoms with Crippen LogP contribution >= 0.6 is 0 Å². The zero-order valence-corrected chi connectivity index (χ0v) is 21.1. The maximum absolute atomic E-state index is 13.2. The van der Waals surface area contributed by atoms with Crippen LogP contribution in [0.25, 0.3) is 5.76 Å². The number of nitrogens with zero attached hydrogens (tertiary/aromatic N) is 1. The Bertz CT molecular complexity index is 1470. The van der Waals surface area contributed by atoms with Crippen molar-refractivity contribution in [1.29, 1.82) is 0 Å². The number of methoxy groups -OCH3 is 1. The first-order valence-corrected chi connectivity index (χ1v) is 12.2. The van der Waals surface area contributed by atoms with Crippen LogP contribution in [0.5, 0.6) is 11.5 Å². The molecule has 4 aromatic rings. The van der Waals surface area contributed by atoms with Crippen molar-refractivity contribution >= 4 is 17.4 Å². The zero-order chi connectivity index (χ0) is 26.6. The maximum atomic E-state index is 13.2. The van der Waals surface area contributed by atoms with Gasteiger partial charge in [0, 0.05) is 12.1 Å². The van der Waals surface area contributed by atoms with Crippen LogP contribution in [0.1, 0.15) is 34.1 Å². The van der Waals surface area contributed by atoms with Crippen LogP contribution in [-0.4, -0.2) is 28.8 Å². The van der Waals surface area contributed by atoms with Gasteiger partial charge in [-0.3, -0.25) is 9.59 Å². The molecule has 3 aromatic carbocycles. The smallest absolute Gasteiger partial charge is 0.296 e. The molecule has 1 saturated heterocycles. The van der Waals surface area contributed by atoms with Gasteiger partial charge in [0.15, 0.2) is 0 Å². The molecule has 7 heteroatoms. The summed E-state index contributed by atoms with van der Waals surface area (Å²) in [4.78, 5) is 27.8. The summed E-state index contributed by atoms with van der Waals surface area (Å²) in [6.45, 7) is 2.42. The number of carbonyl (C=O) groups is 2. The molecule has 1 aliphatic heterocycles. The second-order valence-corrected chi connectivity index (χ2v) is 9.05. The third-order valence-corrected chi connectivity index (χ3v) is 6.55. The van der Waals surface area contributed by atoms with Crippen LogP contribution in [0.4, 0.5) is 0 Å². The number of ether oxygens (including phenoxy) is 2. The van der Waals surface area contributed by atoms with Crippen LogP contribution in [0.3, 0.4) is 0 Å². The number of Topliss-reactive ketones (excluding diaryl/α,β-unsaturated/α-hetero) is 1. The number of hydrogen-bond acceptors (Lipinski definition) is 6. The third kappa shape index (κ3) is 4.91. The van der Waals surface area contributed by atoms with E-state index in [1.165, 1.54) is 11.2 Å². The van der Waals surface area contributed by atoms with Crippen LogP contribution < -0.4 is 9.47 Å². The first-order chi connectivity index (χ1) is 18.5. The Morgan fingerprint density at radius 1 is 0.947 bits per heavy atom. The molecule has 1 unspecified atom stereocenters. The van der Waals surface area contributed by atoms with Gasteiger partial charge in [-0.05, 0) is 66.1 Å². The minimum Gasteiger partial charge on any atom is -0.507 e. The lowest BCUT2D eigenvalue weighted by molar-refractivity contribution is -0.140. The van der Waals surface area contributed by atoms with E-state index in [9.17, 15) is 14.7 Å². The summed E-state index contributed by atoms with van der Waals surface area (Å²) < 4.78 is 16.8. The van der Waals surface area contributed by atoms with E-state index in [2.05, 4.69) is 0 Å². The number of furan rings is 1. The molecule has 0 radical (unpaired) electrons. The van der Waals surface area contributed by atoms with E-state index in [4.69, 9.17) is 13.9 Å². The molecule has 2 heterocycles. The van der Waals surface area contributed by atoms with Gasteiger partial charge in [-0.25, -0.2) is 0 Å². The number of likely N-dealkylation sites (tertiary alicyclic amines) is 1. The first-order valence-electron chi connectivity index (χ1n) is 12.2. The molecule has 1 N–H and O–H groups in total. The molecule has 5 rings (SSSR count). The molecule has 7 nitrogen and oxygen atoms in total. The third-order valence-electron chi connectivity index (χ3n) is 6.55. The van der Waals surface area contributed by atoms with Gasteiger partial charge in [0.2, 0.25) is 0 Å². The highest BCUT2D eigenvalue weighted by molar-refractivity contribution is 6.46. The molecule has 1 aliphatic rings. The summed E-state index contributed by atoms with van der Waals surface area (Å²) in [5, 5.41) is 11.3. The Balaban J connectivity index is 1.47. The van der Waals surface area contributed by atoms with E-state index in [1.54, 1.807) is 49.6 Å². The van der Waals surface area contributed by atoms with Gasteiger partial charge >= 0.3 is 0 Å². The highest BCUT2D eigenvalue weighted by Crippen LogP contribution is 2.41. The van der Waals surface area contributed by atoms with Gasteiger partial charge in [-0.2, -0.15) is 0 Å². The van der Waals surface area contributed by atoms with Gasteiger partial charge < -0.3 is 23.9 Å². The number of aliphatic hydroxyl groups is 1. The summed E-state index contributed by atoms with van der Waals surface area (Å²) >= 11 is 0. The number of rotatable bonds is 8. The van der Waals surface area contributed by atoms with Crippen LogP contribution in [-0.2, 0) is 22.7 Å². The number of aliphatic hydroxyl groups excluding tert-OH is 1. The number of benzene rings is 3. The van der Waals surface area contributed by atoms with Crippen molar-refractivity contribution in [2.24, 2.45) is 0 Å². The summed E-state index contributed by atoms with van der Waals surface area (Å²) in [5.41, 5.74) is 3.02. The number of aryl methyl sites for hydroxylation is 1. The monoisotopic (exact) mass is 509 g/mol. The highest BCUT2D eigenvalue weighted by Gasteiger charge is 2.47. The summed E-state index contributed by atoms with van der Waals surface area (Å²) in [5.74, 6) is -0.000778. The minimum atomic E-state index is -0.874. The molecular weight excluding hydrogens is 482 g/mol. The predicted molar refractivity (Wildman–Crippen MR) is 142 cm³/mol. The van der Waals surface area contributed by atoms with E-state index >= 15 is 0 Å². The lowest BCUT2D eigenvalue weighted by Gasteiger charge is -2.23. The van der Waals surface area contributed by atoms with Crippen molar-refractivity contribution in [3.63, 3.8) is 0 Å². The Hall–Kier alpha value is -4.78. The van der Waals surface area contributed by atoms with Gasteiger partial charge in [0.05, 0.1) is 18.9 Å². The quantitative estimate of drug-likeness (QED) is 0.184. The van der Waals surface area contributed by atoms with E-state index in [0.29, 0.717) is 29.4 Å². The largest absolute Gasteiger partial charge is 0.507 e. The van der Waals surface area contributed by atoms with Crippen LogP contribution in [0.2, 0.25) is 0 Å². The van der Waals surface area contributed by atoms with Crippen molar-refractivity contribution in [1.82, 2.24) is 4.90 Å². The van der Waals surface area contributed by atoms with E-state index in [-0.39, 0.29) is 17.9 Å². The normalized spacial score (nSPS) is 16.6. The number of ketones is 1. The lowest BCUT2D eigenvalue weighted by atomic mass is 9.98. The fourth-order valence-electron chi connectivity index (χ4n) is 4.56. The molecule has 1 atom stereocenters. The molecule has 1 aromatic heterocycles. The first kappa shape index (κ1) is 24.9. The molecular formula is C31H27NO6. The minimum absolute atomic E-state index is 0.0178. The van der Waals surface area contributed by atoms with E-state index in [0.717, 1.165) is 16.7 Å². The molecule has 1 fully saturated rings. The van der Waals surface area contributed by atoms with Gasteiger partial charge in [-0.15, -0.1) is 0 Å². The lowest BCUT2D eigenvalue weighted by Crippen LogP contribution is -2.29. The molecule has 0 bridgehead atoms. The van der Waals surface area contributed by atoms with Crippen molar-refractivity contribution in [2.75, 3.05) is 7.11 Å². The standard InChI is InChI=1S/C31H27NO6/c1-20-17-23(12-15-25(20)38-19-22-7-4-3-5-8-22)29(33)27-28(26-9-6-16-37-26)32(31(35)30(27)34)18-21-10-13-24(36-2)14-11-21/h3-17,28,33H,18-19H2,1-2H3/b29-27-. The maximum Gasteiger partial charge on any atom is 0.296 e. The van der Waals surface area contributed by atoms with E-state index < -0.39 is 17.7 Å². The van der Waals surface area contributed by atoms with Gasteiger partial charge in [-0.1, -0.05) is 42.5 Å². The topological polar surface area (TPSA) is 89.2 Å². The van der Waals surface area contributed by atoms with Crippen molar-refractivity contribution in [3.05, 3.63) is 125 Å². The van der Waals surface area contributed by atoms with Crippen LogP contribution in [0, 0.1) is 6.92 Å². The molecule has 0 saturated carbocycles. The Morgan fingerprint density at radius 2 is 1.71 bits per heavy atom. The average Bonchev–Trinajstić information content (AvgIpc) is 3.56. The van der Waals surface area contributed by atoms with Crippen molar-refractivity contribution in [2.45, 2.75) is 26.1 Å². The number of hydrogen-bond donors (Lipinski definition) is 1. The molecule has 0 aliphatic carbocycles. The van der Waals surface area contributed by atoms with E-state index in [1.807, 2.05) is 49.4 Å². The number of amides is 1. The fourth-order valence-corrected chi connectivity index (χ4v) is 4.56. The number of carbonyl (C=O) groups excluding carboxylic acids is 2. The molecule has 192 valence electrons. The zero-order valence-electron chi connectivity index (χ0n) is 21.1. The summed E-state index contributed by atoms with van der Waals surface area (Å²) in [6, 6.07) is 24.7. The fraction of sp³-hybridized carbons (Fsp3) is 0.161. The predicted octanol–water partition coefficient (Wildman–Crippen LogP) is 5.80. The summed E-state index contributed by atoms with van der Waals surface area (Å²) in [6.07, 6.45) is 1.48. The second-order valence-electron chi connectivity index (χ2n) is 9.05. The van der Waals surface area contributed by atoms with Crippen LogP contribution in [0.15, 0.2) is 101 Å². The van der Waals surface area contributed by atoms with Gasteiger partial charge in [0.25, 0.3) is 11.7 Å². The second kappa shape index (κ2) is 10.7. The van der Waals surface area contributed by atoms with Gasteiger partial charge in [0.1, 0.15) is 35.7 Å². The summed E-state index contributed by atoms with van der Waals surface area (Å²) in [7, 11) is 1.58. The Morgan fingerprint density at radius 3 is 2.37 bits per heavy atom. The molecule has 38 heavy (non-hydrogen) atoms. The Labute approximate surface area is 220 Å². The highest BCUT2D eigenvalue weighted by atomic mass is 16.5. The SMILES string of the molecule is COc1ccc(CN2C(=O)C(=O)/C(=C(\O)c3ccc(OCc4ccccc4)c(C)c3)C2c2ccco2)cc1. The van der Waals surface area contributed by atoms with Crippen molar-refractivity contribution < 1.29 is 28.6 Å². The average molecular weight is 510 g/mol.